The van der Waals surface area contributed by atoms with Gasteiger partial charge in [-0.15, -0.1) is 0 Å². The second-order valence-electron chi connectivity index (χ2n) is 0. The summed E-state index contributed by atoms with van der Waals surface area (Å²) in [7, 11) is 0. The molecular formula is In2O4Pb. The first-order chi connectivity index (χ1) is 1.00. The van der Waals surface area contributed by atoms with E-state index in [0.717, 1.165) is 0 Å². The molecule has 0 bridgehead atoms. The molecule has 0 aliphatic carbocycles. The molecule has 0 saturated heterocycles. The number of hydrogen-bond donors (Lipinski definition) is 0. The van der Waals surface area contributed by atoms with Crippen LogP contribution in [0.2, 0.25) is 0 Å². The molecule has 0 N–H and O–H groups in total. The van der Waals surface area contributed by atoms with Crippen molar-refractivity contribution in [2.24, 2.45) is 0 Å². The first-order valence-electron chi connectivity index (χ1n) is 0.204. The predicted octanol–water partition coefficient (Wildman–Crippen LogP) is -1.62. The zero-order valence-corrected chi connectivity index (χ0v) is 13.8. The Morgan fingerprint density at radius 3 is 0.714 bits per heavy atom. The van der Waals surface area contributed by atoms with Crippen molar-refractivity contribution in [3.8, 4) is 0 Å². The van der Waals surface area contributed by atoms with Crippen LogP contribution < -0.4 is 0 Å². The third kappa shape index (κ3) is 61.2. The molecule has 0 aliphatic rings. The Kier molecular flexibility index (Phi) is 682. The summed E-state index contributed by atoms with van der Waals surface area (Å²) in [6, 6.07) is 0. The molecule has 4 nitrogen and oxygen atoms in total. The number of hydrogen-bond acceptors (Lipinski definition) is 1. The Morgan fingerprint density at radius 1 is 0.714 bits per heavy atom. The minimum atomic E-state index is 0. The zero-order chi connectivity index (χ0) is 2.00. The summed E-state index contributed by atoms with van der Waals surface area (Å²) < 4.78 is 8.39. The number of rotatable bonds is 0. The van der Waals surface area contributed by atoms with Gasteiger partial charge in [0.05, 0.1) is 0 Å². The van der Waals surface area contributed by atoms with Crippen LogP contribution in [0.1, 0.15) is 0 Å². The fourth-order valence-corrected chi connectivity index (χ4v) is 0. The van der Waals surface area contributed by atoms with Crippen LogP contribution in [0.3, 0.4) is 0 Å². The van der Waals surface area contributed by atoms with Crippen molar-refractivity contribution in [1.29, 1.82) is 0 Å². The Labute approximate surface area is 95.1 Å². The molecule has 0 spiro atoms. The third-order valence-electron chi connectivity index (χ3n) is 0. The molecule has 0 fully saturated rings. The van der Waals surface area contributed by atoms with Crippen molar-refractivity contribution in [3.63, 3.8) is 0 Å². The maximum atomic E-state index is 8.39. The fourth-order valence-electron chi connectivity index (χ4n) is 0. The molecule has 0 aromatic carbocycles. The Morgan fingerprint density at radius 2 is 0.714 bits per heavy atom. The van der Waals surface area contributed by atoms with E-state index in [9.17, 15) is 0 Å². The van der Waals surface area contributed by atoms with Gasteiger partial charge in [0.15, 0.2) is 0 Å². The second kappa shape index (κ2) is 82.0. The quantitative estimate of drug-likeness (QED) is 0.367. The van der Waals surface area contributed by atoms with E-state index >= 15 is 0 Å². The van der Waals surface area contributed by atoms with Crippen molar-refractivity contribution in [2.45, 2.75) is 0 Å². The summed E-state index contributed by atoms with van der Waals surface area (Å²) in [4.78, 5) is 0. The Bertz CT molecular complexity index is 9.65. The van der Waals surface area contributed by atoms with Crippen molar-refractivity contribution in [3.05, 3.63) is 0 Å². The van der Waals surface area contributed by atoms with Crippen LogP contribution in [0.25, 0.3) is 0 Å². The van der Waals surface area contributed by atoms with Gasteiger partial charge < -0.3 is 16.4 Å². The summed E-state index contributed by atoms with van der Waals surface area (Å²) in [5.41, 5.74) is 0. The van der Waals surface area contributed by atoms with Crippen molar-refractivity contribution in [1.82, 2.24) is 0 Å². The maximum absolute atomic E-state index is 8.39. The monoisotopic (exact) mass is 502 g/mol. The molecule has 0 unspecified atom stereocenters. The molecule has 0 rings (SSSR count). The van der Waals surface area contributed by atoms with E-state index in [-0.39, 0.29) is 93.9 Å². The molecule has 0 aliphatic heterocycles. The average Bonchev–Trinajstić information content (AvgIpc) is 1.00. The van der Waals surface area contributed by atoms with Gasteiger partial charge in [0, 0.05) is 0 Å². The summed E-state index contributed by atoms with van der Waals surface area (Å²) in [6.07, 6.45) is 0. The molecule has 0 heterocycles. The molecule has 0 aromatic rings. The van der Waals surface area contributed by atoms with Gasteiger partial charge in [-0.1, -0.05) is 0 Å². The van der Waals surface area contributed by atoms with Gasteiger partial charge in [-0.2, -0.15) is 0 Å². The molecule has 0 aromatic heterocycles. The van der Waals surface area contributed by atoms with Crippen LogP contribution in [-0.2, 0) is 19.1 Å². The van der Waals surface area contributed by atoms with Gasteiger partial charge in [-0.05, 0) is 0 Å². The van der Waals surface area contributed by atoms with E-state index in [2.05, 4.69) is 0 Å². The van der Waals surface area contributed by atoms with Gasteiger partial charge >= 0.3 is 80.2 Å². The van der Waals surface area contributed by atoms with Crippen LogP contribution >= 0.6 is 0 Å². The molecule has 0 amide bonds. The molecule has 0 saturated carbocycles. The first kappa shape index (κ1) is 58.2. The van der Waals surface area contributed by atoms with Crippen molar-refractivity contribution >= 4 is 77.5 Å². The standard InChI is InChI=1S/2In.4O.Pb/q2*+3;;3*-2;. The summed E-state index contributed by atoms with van der Waals surface area (Å²) in [5, 5.41) is 0. The summed E-state index contributed by atoms with van der Waals surface area (Å²) in [5.74, 6) is 0. The topological polar surface area (TPSA) is 103 Å². The van der Waals surface area contributed by atoms with Crippen LogP contribution in [0.15, 0.2) is 0 Å². The van der Waals surface area contributed by atoms with E-state index in [1.807, 2.05) is 0 Å². The van der Waals surface area contributed by atoms with Crippen LogP contribution in [0.5, 0.6) is 0 Å². The Hall–Kier alpha value is 2.34. The molecule has 7 heteroatoms. The van der Waals surface area contributed by atoms with Gasteiger partial charge in [0.25, 0.3) is 0 Å². The van der Waals surface area contributed by atoms with E-state index in [1.54, 1.807) is 0 Å². The molecular weight excluding hydrogens is 501 g/mol. The fraction of sp³-hybridized carbons (Fsp3) is 0. The third-order valence-corrected chi connectivity index (χ3v) is 0. The van der Waals surface area contributed by atoms with Gasteiger partial charge in [-0.25, -0.2) is 0 Å². The Balaban J connectivity index is -0.000000000500. The second-order valence-corrected chi connectivity index (χ2v) is 0. The van der Waals surface area contributed by atoms with E-state index in [1.165, 1.54) is 0 Å². The van der Waals surface area contributed by atoms with Crippen LogP contribution in [0, 0.1) is 0 Å². The predicted molar refractivity (Wildman–Crippen MR) is 20.0 cm³/mol. The van der Waals surface area contributed by atoms with E-state index in [0.29, 0.717) is 0 Å². The van der Waals surface area contributed by atoms with Crippen molar-refractivity contribution < 1.29 is 19.1 Å². The van der Waals surface area contributed by atoms with Gasteiger partial charge in [-0.3, -0.25) is 0 Å². The van der Waals surface area contributed by atoms with Gasteiger partial charge in [0.1, 0.15) is 0 Å². The average molecular weight is 501 g/mol. The SMILES string of the molecule is [In+3].[In+3].[O-2].[O-2].[O-2].[O]=[Pb]. The molecule has 2 radical (unpaired) electrons. The minimum absolute atomic E-state index is 0. The normalized spacial score (nSPS) is 0.571. The van der Waals surface area contributed by atoms with E-state index in [4.69, 9.17) is 2.69 Å². The van der Waals surface area contributed by atoms with Crippen LogP contribution in [-0.4, -0.2) is 77.5 Å². The molecule has 7 heavy (non-hydrogen) atoms. The van der Waals surface area contributed by atoms with Crippen LogP contribution in [0.4, 0.5) is 0 Å². The van der Waals surface area contributed by atoms with Crippen molar-refractivity contribution in [2.75, 3.05) is 0 Å². The van der Waals surface area contributed by atoms with Gasteiger partial charge in [0.2, 0.25) is 0 Å². The first-order valence-corrected chi connectivity index (χ1v) is 1.79. The molecule has 34 valence electrons. The molecule has 0 atom stereocenters. The zero-order valence-electron chi connectivity index (χ0n) is 3.29. The summed E-state index contributed by atoms with van der Waals surface area (Å²) in [6.45, 7) is 0. The van der Waals surface area contributed by atoms with E-state index < -0.39 is 0 Å². The summed E-state index contributed by atoms with van der Waals surface area (Å²) >= 11 is 0.0556.